The van der Waals surface area contributed by atoms with Gasteiger partial charge in [-0.1, -0.05) is 24.4 Å². The van der Waals surface area contributed by atoms with Gasteiger partial charge in [0.25, 0.3) is 0 Å². The molecule has 0 amide bonds. The van der Waals surface area contributed by atoms with Crippen LogP contribution in [0.2, 0.25) is 0 Å². The number of nitrogens with zero attached hydrogens (tertiary/aromatic N) is 2. The first kappa shape index (κ1) is 13.3. The minimum absolute atomic E-state index is 0.358. The average molecular weight is 273 g/mol. The molecule has 2 N–H and O–H groups in total. The molecule has 0 aliphatic carbocycles. The zero-order valence-corrected chi connectivity index (χ0v) is 11.6. The number of benzene rings is 1. The number of hydrogen-bond donors (Lipinski definition) is 1. The number of ether oxygens (including phenoxy) is 1. The van der Waals surface area contributed by atoms with Crippen LogP contribution in [-0.4, -0.2) is 24.1 Å². The van der Waals surface area contributed by atoms with E-state index in [-0.39, 0.29) is 0 Å². The molecule has 0 saturated carbocycles. The van der Waals surface area contributed by atoms with E-state index in [4.69, 9.17) is 22.7 Å². The van der Waals surface area contributed by atoms with Crippen molar-refractivity contribution in [2.45, 2.75) is 0 Å². The summed E-state index contributed by atoms with van der Waals surface area (Å²) in [5, 5.41) is 0. The van der Waals surface area contributed by atoms with E-state index in [1.54, 1.807) is 19.4 Å². The zero-order chi connectivity index (χ0) is 13.8. The molecule has 4 nitrogen and oxygen atoms in total. The second-order valence-electron chi connectivity index (χ2n) is 4.00. The molecule has 98 valence electrons. The second kappa shape index (κ2) is 5.67. The highest BCUT2D eigenvalue weighted by atomic mass is 32.1. The van der Waals surface area contributed by atoms with Gasteiger partial charge in [0.15, 0.2) is 0 Å². The van der Waals surface area contributed by atoms with Crippen LogP contribution in [-0.2, 0) is 0 Å². The highest BCUT2D eigenvalue weighted by Crippen LogP contribution is 2.31. The predicted molar refractivity (Wildman–Crippen MR) is 81.2 cm³/mol. The monoisotopic (exact) mass is 273 g/mol. The first-order valence-corrected chi connectivity index (χ1v) is 6.17. The number of thiocarbonyl (C=S) groups is 1. The number of methoxy groups -OCH3 is 1. The van der Waals surface area contributed by atoms with Crippen LogP contribution < -0.4 is 15.4 Å². The Morgan fingerprint density at radius 2 is 2.05 bits per heavy atom. The summed E-state index contributed by atoms with van der Waals surface area (Å²) < 4.78 is 5.35. The molecule has 0 atom stereocenters. The minimum Gasteiger partial charge on any atom is -0.495 e. The molecule has 0 aliphatic heterocycles. The summed E-state index contributed by atoms with van der Waals surface area (Å²) in [5.41, 5.74) is 7.36. The van der Waals surface area contributed by atoms with Crippen LogP contribution >= 0.6 is 12.2 Å². The number of para-hydroxylation sites is 2. The third kappa shape index (κ3) is 2.82. The molecule has 0 unspecified atom stereocenters. The standard InChI is InChI=1S/C14H15N3OS/c1-17(11-5-3-4-6-12(11)18-2)13-9-10(14(15)19)7-8-16-13/h3-9H,1-2H3,(H2,15,19). The van der Waals surface area contributed by atoms with E-state index in [1.807, 2.05) is 42.3 Å². The lowest BCUT2D eigenvalue weighted by molar-refractivity contribution is 0.415. The fourth-order valence-corrected chi connectivity index (χ4v) is 1.91. The highest BCUT2D eigenvalue weighted by molar-refractivity contribution is 7.80. The molecule has 0 radical (unpaired) electrons. The van der Waals surface area contributed by atoms with E-state index in [0.29, 0.717) is 4.99 Å². The van der Waals surface area contributed by atoms with Gasteiger partial charge in [0.1, 0.15) is 16.6 Å². The van der Waals surface area contributed by atoms with Gasteiger partial charge in [-0.05, 0) is 24.3 Å². The zero-order valence-electron chi connectivity index (χ0n) is 10.8. The van der Waals surface area contributed by atoms with Crippen LogP contribution in [0.3, 0.4) is 0 Å². The Hall–Kier alpha value is -2.14. The van der Waals surface area contributed by atoms with Crippen LogP contribution in [0.25, 0.3) is 0 Å². The summed E-state index contributed by atoms with van der Waals surface area (Å²) in [6.07, 6.45) is 1.69. The summed E-state index contributed by atoms with van der Waals surface area (Å²) in [6, 6.07) is 11.4. The minimum atomic E-state index is 0.358. The van der Waals surface area contributed by atoms with E-state index in [9.17, 15) is 0 Å². The number of aromatic nitrogens is 1. The molecule has 2 aromatic rings. The fourth-order valence-electron chi connectivity index (χ4n) is 1.79. The Balaban J connectivity index is 2.41. The van der Waals surface area contributed by atoms with Gasteiger partial charge in [0.2, 0.25) is 0 Å². The predicted octanol–water partition coefficient (Wildman–Crippen LogP) is 2.49. The maximum Gasteiger partial charge on any atom is 0.142 e. The number of anilines is 2. The topological polar surface area (TPSA) is 51.4 Å². The molecule has 1 heterocycles. The molecule has 5 heteroatoms. The van der Waals surface area contributed by atoms with Gasteiger partial charge in [-0.15, -0.1) is 0 Å². The molecular weight excluding hydrogens is 258 g/mol. The molecule has 1 aromatic heterocycles. The molecule has 0 aliphatic rings. The molecular formula is C14H15N3OS. The summed E-state index contributed by atoms with van der Waals surface area (Å²) in [4.78, 5) is 6.62. The van der Waals surface area contributed by atoms with Crippen LogP contribution in [0.4, 0.5) is 11.5 Å². The van der Waals surface area contributed by atoms with Crippen molar-refractivity contribution in [2.75, 3.05) is 19.1 Å². The van der Waals surface area contributed by atoms with Gasteiger partial charge in [0.05, 0.1) is 12.8 Å². The van der Waals surface area contributed by atoms with E-state index in [2.05, 4.69) is 4.98 Å². The third-order valence-corrected chi connectivity index (χ3v) is 3.06. The Labute approximate surface area is 117 Å². The summed E-state index contributed by atoms with van der Waals surface area (Å²) in [7, 11) is 3.56. The third-order valence-electron chi connectivity index (χ3n) is 2.82. The Kier molecular flexibility index (Phi) is 3.97. The number of hydrogen-bond acceptors (Lipinski definition) is 4. The Morgan fingerprint density at radius 3 is 2.74 bits per heavy atom. The van der Waals surface area contributed by atoms with Crippen molar-refractivity contribution in [3.63, 3.8) is 0 Å². The Morgan fingerprint density at radius 1 is 1.32 bits per heavy atom. The number of rotatable bonds is 4. The average Bonchev–Trinajstić information content (AvgIpc) is 2.46. The van der Waals surface area contributed by atoms with Crippen LogP contribution in [0, 0.1) is 0 Å². The normalized spacial score (nSPS) is 10.0. The first-order valence-electron chi connectivity index (χ1n) is 5.76. The second-order valence-corrected chi connectivity index (χ2v) is 4.44. The maximum atomic E-state index is 5.64. The van der Waals surface area contributed by atoms with E-state index >= 15 is 0 Å². The SMILES string of the molecule is COc1ccccc1N(C)c1cc(C(N)=S)ccn1. The lowest BCUT2D eigenvalue weighted by Gasteiger charge is -2.21. The number of nitrogens with two attached hydrogens (primary N) is 1. The summed E-state index contributed by atoms with van der Waals surface area (Å²) >= 11 is 4.98. The lowest BCUT2D eigenvalue weighted by Crippen LogP contribution is -2.15. The molecule has 0 fully saturated rings. The van der Waals surface area contributed by atoms with Gasteiger partial charge in [-0.2, -0.15) is 0 Å². The van der Waals surface area contributed by atoms with Crippen molar-refractivity contribution in [1.82, 2.24) is 4.98 Å². The van der Waals surface area contributed by atoms with Gasteiger partial charge < -0.3 is 15.4 Å². The smallest absolute Gasteiger partial charge is 0.142 e. The van der Waals surface area contributed by atoms with E-state index in [1.165, 1.54) is 0 Å². The molecule has 0 bridgehead atoms. The van der Waals surface area contributed by atoms with Crippen molar-refractivity contribution in [3.8, 4) is 5.75 Å². The maximum absolute atomic E-state index is 5.64. The Bertz CT molecular complexity index is 601. The largest absolute Gasteiger partial charge is 0.495 e. The summed E-state index contributed by atoms with van der Waals surface area (Å²) in [5.74, 6) is 1.54. The highest BCUT2D eigenvalue weighted by Gasteiger charge is 2.11. The van der Waals surface area contributed by atoms with Crippen LogP contribution in [0.15, 0.2) is 42.6 Å². The van der Waals surface area contributed by atoms with Crippen molar-refractivity contribution >= 4 is 28.7 Å². The number of pyridine rings is 1. The van der Waals surface area contributed by atoms with E-state index < -0.39 is 0 Å². The lowest BCUT2D eigenvalue weighted by atomic mass is 10.2. The van der Waals surface area contributed by atoms with Gasteiger partial charge in [0, 0.05) is 18.8 Å². The first-order chi connectivity index (χ1) is 9.13. The molecule has 0 spiro atoms. The van der Waals surface area contributed by atoms with Gasteiger partial charge in [-0.25, -0.2) is 4.98 Å². The van der Waals surface area contributed by atoms with Gasteiger partial charge in [-0.3, -0.25) is 0 Å². The van der Waals surface area contributed by atoms with Crippen LogP contribution in [0.5, 0.6) is 5.75 Å². The van der Waals surface area contributed by atoms with Crippen molar-refractivity contribution in [2.24, 2.45) is 5.73 Å². The molecule has 1 aromatic carbocycles. The fraction of sp³-hybridized carbons (Fsp3) is 0.143. The molecule has 0 saturated heterocycles. The molecule has 19 heavy (non-hydrogen) atoms. The van der Waals surface area contributed by atoms with Gasteiger partial charge >= 0.3 is 0 Å². The van der Waals surface area contributed by atoms with Crippen LogP contribution in [0.1, 0.15) is 5.56 Å². The quantitative estimate of drug-likeness (QED) is 0.867. The van der Waals surface area contributed by atoms with Crippen molar-refractivity contribution in [3.05, 3.63) is 48.2 Å². The molecule has 2 rings (SSSR count). The van der Waals surface area contributed by atoms with Crippen molar-refractivity contribution in [1.29, 1.82) is 0 Å². The van der Waals surface area contributed by atoms with E-state index in [0.717, 1.165) is 22.8 Å². The van der Waals surface area contributed by atoms with Crippen molar-refractivity contribution < 1.29 is 4.74 Å². The summed E-state index contributed by atoms with van der Waals surface area (Å²) in [6.45, 7) is 0.